The molecule has 2 saturated heterocycles. The number of H-pyrrole nitrogens is 1. The maximum Gasteiger partial charge on any atom is 0.229 e. The standard InChI is InChI=1S/C26H31N7O2/c1-17-16-35-13-12-33(17)24-14-21(22(15-27)25(30-24)29-23-9-10-28-31-23)19-7-5-18(6-8-19)20-4-3-11-32(2)26(20)34/h5-10,14-15,17,20,27H,3-4,11-13,16H2,1-2H3,(H2,28,29,30,31)/t17-,20?/m1/s1. The molecular formula is C26H31N7O2. The highest BCUT2D eigenvalue weighted by Crippen LogP contribution is 2.35. The monoisotopic (exact) mass is 473 g/mol. The van der Waals surface area contributed by atoms with Crippen LogP contribution in [-0.2, 0) is 9.53 Å². The van der Waals surface area contributed by atoms with Gasteiger partial charge in [-0.1, -0.05) is 24.3 Å². The Kier molecular flexibility index (Phi) is 6.50. The van der Waals surface area contributed by atoms with Crippen LogP contribution in [0.4, 0.5) is 17.5 Å². The minimum absolute atomic E-state index is 0.0934. The van der Waals surface area contributed by atoms with Crippen LogP contribution in [0, 0.1) is 5.41 Å². The van der Waals surface area contributed by atoms with E-state index in [4.69, 9.17) is 15.1 Å². The molecule has 4 heterocycles. The first kappa shape index (κ1) is 23.0. The van der Waals surface area contributed by atoms with Crippen molar-refractivity contribution >= 4 is 29.6 Å². The number of anilines is 3. The van der Waals surface area contributed by atoms with Gasteiger partial charge in [-0.05, 0) is 42.5 Å². The van der Waals surface area contributed by atoms with Gasteiger partial charge >= 0.3 is 0 Å². The van der Waals surface area contributed by atoms with Gasteiger partial charge in [0.2, 0.25) is 5.91 Å². The Morgan fingerprint density at radius 1 is 1.23 bits per heavy atom. The van der Waals surface area contributed by atoms with Crippen molar-refractivity contribution in [3.05, 3.63) is 53.7 Å². The molecule has 3 aromatic rings. The summed E-state index contributed by atoms with van der Waals surface area (Å²) < 4.78 is 5.63. The van der Waals surface area contributed by atoms with E-state index in [2.05, 4.69) is 27.3 Å². The Bertz CT molecular complexity index is 1190. The summed E-state index contributed by atoms with van der Waals surface area (Å²) in [6.07, 6.45) is 4.96. The fourth-order valence-corrected chi connectivity index (χ4v) is 4.92. The molecule has 0 saturated carbocycles. The van der Waals surface area contributed by atoms with E-state index in [-0.39, 0.29) is 17.9 Å². The van der Waals surface area contributed by atoms with E-state index in [0.717, 1.165) is 48.4 Å². The predicted octanol–water partition coefficient (Wildman–Crippen LogP) is 3.77. The minimum Gasteiger partial charge on any atom is -0.377 e. The van der Waals surface area contributed by atoms with Gasteiger partial charge in [-0.2, -0.15) is 5.10 Å². The lowest BCUT2D eigenvalue weighted by atomic mass is 9.88. The molecule has 2 fully saturated rings. The van der Waals surface area contributed by atoms with Gasteiger partial charge in [0.1, 0.15) is 11.6 Å². The number of amides is 1. The van der Waals surface area contributed by atoms with Gasteiger partial charge in [0, 0.05) is 44.2 Å². The normalized spacial score (nSPS) is 20.7. The summed E-state index contributed by atoms with van der Waals surface area (Å²) in [6.45, 7) is 4.98. The molecular weight excluding hydrogens is 442 g/mol. The first-order chi connectivity index (χ1) is 17.0. The predicted molar refractivity (Wildman–Crippen MR) is 137 cm³/mol. The van der Waals surface area contributed by atoms with E-state index < -0.39 is 0 Å². The van der Waals surface area contributed by atoms with Crippen molar-refractivity contribution in [3.63, 3.8) is 0 Å². The highest BCUT2D eigenvalue weighted by molar-refractivity contribution is 5.96. The van der Waals surface area contributed by atoms with Crippen molar-refractivity contribution in [2.45, 2.75) is 31.7 Å². The second-order valence-electron chi connectivity index (χ2n) is 9.21. The molecule has 0 spiro atoms. The fraction of sp³-hybridized carbons (Fsp3) is 0.385. The van der Waals surface area contributed by atoms with Gasteiger partial charge < -0.3 is 25.3 Å². The smallest absolute Gasteiger partial charge is 0.229 e. The van der Waals surface area contributed by atoms with Crippen molar-refractivity contribution < 1.29 is 9.53 Å². The molecule has 9 nitrogen and oxygen atoms in total. The van der Waals surface area contributed by atoms with Crippen molar-refractivity contribution in [3.8, 4) is 11.1 Å². The maximum absolute atomic E-state index is 12.7. The number of morpholine rings is 1. The van der Waals surface area contributed by atoms with E-state index in [9.17, 15) is 4.79 Å². The number of aromatic amines is 1. The third kappa shape index (κ3) is 4.64. The number of rotatable bonds is 6. The molecule has 0 aliphatic carbocycles. The number of nitrogens with one attached hydrogen (secondary N) is 3. The zero-order valence-corrected chi connectivity index (χ0v) is 20.1. The summed E-state index contributed by atoms with van der Waals surface area (Å²) in [4.78, 5) is 21.6. The zero-order valence-electron chi connectivity index (χ0n) is 20.1. The first-order valence-electron chi connectivity index (χ1n) is 12.1. The molecule has 9 heteroatoms. The van der Waals surface area contributed by atoms with Gasteiger partial charge in [-0.3, -0.25) is 9.89 Å². The van der Waals surface area contributed by atoms with Gasteiger partial charge in [0.15, 0.2) is 5.82 Å². The van der Waals surface area contributed by atoms with Gasteiger partial charge in [0.25, 0.3) is 0 Å². The zero-order chi connectivity index (χ0) is 24.4. The third-order valence-electron chi connectivity index (χ3n) is 6.88. The molecule has 3 N–H and O–H groups in total. The quantitative estimate of drug-likeness (QED) is 0.470. The van der Waals surface area contributed by atoms with Crippen LogP contribution in [0.25, 0.3) is 11.1 Å². The van der Waals surface area contributed by atoms with E-state index in [0.29, 0.717) is 30.4 Å². The third-order valence-corrected chi connectivity index (χ3v) is 6.88. The Morgan fingerprint density at radius 2 is 2.06 bits per heavy atom. The molecule has 1 amide bonds. The van der Waals surface area contributed by atoms with Crippen LogP contribution >= 0.6 is 0 Å². The highest BCUT2D eigenvalue weighted by Gasteiger charge is 2.28. The number of aromatic nitrogens is 3. The summed E-state index contributed by atoms with van der Waals surface area (Å²) in [7, 11) is 1.87. The van der Waals surface area contributed by atoms with E-state index in [1.807, 2.05) is 48.3 Å². The number of hydrogen-bond donors (Lipinski definition) is 3. The molecule has 182 valence electrons. The van der Waals surface area contributed by atoms with Crippen LogP contribution in [0.1, 0.15) is 36.8 Å². The molecule has 2 aliphatic heterocycles. The second kappa shape index (κ2) is 9.87. The van der Waals surface area contributed by atoms with Crippen molar-refractivity contribution in [2.24, 2.45) is 0 Å². The molecule has 0 radical (unpaired) electrons. The van der Waals surface area contributed by atoms with Crippen LogP contribution in [0.2, 0.25) is 0 Å². The average molecular weight is 474 g/mol. The van der Waals surface area contributed by atoms with E-state index in [1.54, 1.807) is 6.20 Å². The molecule has 0 bridgehead atoms. The summed E-state index contributed by atoms with van der Waals surface area (Å²) in [5.74, 6) is 2.12. The van der Waals surface area contributed by atoms with E-state index >= 15 is 0 Å². The first-order valence-corrected chi connectivity index (χ1v) is 12.1. The number of piperidine rings is 1. The number of benzene rings is 1. The number of carbonyl (C=O) groups excluding carboxylic acids is 1. The van der Waals surface area contributed by atoms with Gasteiger partial charge in [-0.25, -0.2) is 4.98 Å². The number of carbonyl (C=O) groups is 1. The Morgan fingerprint density at radius 3 is 2.77 bits per heavy atom. The molecule has 1 unspecified atom stereocenters. The molecule has 2 aliphatic rings. The summed E-state index contributed by atoms with van der Waals surface area (Å²) in [5, 5.41) is 18.5. The molecule has 2 atom stereocenters. The lowest BCUT2D eigenvalue weighted by Crippen LogP contribution is -2.44. The minimum atomic E-state index is -0.0934. The SMILES string of the molecule is C[C@@H]1COCCN1c1cc(-c2ccc(C3CCCN(C)C3=O)cc2)c(C=N)c(Nc2cc[nH]n2)n1. The largest absolute Gasteiger partial charge is 0.377 e. The van der Waals surface area contributed by atoms with Gasteiger partial charge in [-0.15, -0.1) is 0 Å². The van der Waals surface area contributed by atoms with Crippen LogP contribution < -0.4 is 10.2 Å². The molecule has 35 heavy (non-hydrogen) atoms. The molecule has 1 aromatic carbocycles. The van der Waals surface area contributed by atoms with Crippen molar-refractivity contribution in [1.82, 2.24) is 20.1 Å². The lowest BCUT2D eigenvalue weighted by Gasteiger charge is -2.35. The van der Waals surface area contributed by atoms with Crippen LogP contribution in [0.3, 0.4) is 0 Å². The Labute approximate surface area is 205 Å². The van der Waals surface area contributed by atoms with Crippen molar-refractivity contribution in [1.29, 1.82) is 5.41 Å². The topological polar surface area (TPSA) is 110 Å². The Balaban J connectivity index is 1.55. The highest BCUT2D eigenvalue weighted by atomic mass is 16.5. The number of likely N-dealkylation sites (N-methyl/N-ethyl adjacent to an activating group) is 1. The van der Waals surface area contributed by atoms with Crippen LogP contribution in [0.5, 0.6) is 0 Å². The number of likely N-dealkylation sites (tertiary alicyclic amines) is 1. The van der Waals surface area contributed by atoms with Crippen LogP contribution in [0.15, 0.2) is 42.6 Å². The van der Waals surface area contributed by atoms with Crippen LogP contribution in [-0.4, -0.2) is 71.6 Å². The Hall–Kier alpha value is -3.72. The van der Waals surface area contributed by atoms with E-state index in [1.165, 1.54) is 6.21 Å². The summed E-state index contributed by atoms with van der Waals surface area (Å²) in [6, 6.07) is 12.2. The van der Waals surface area contributed by atoms with Crippen molar-refractivity contribution in [2.75, 3.05) is 43.6 Å². The summed E-state index contributed by atoms with van der Waals surface area (Å²) in [5.41, 5.74) is 3.59. The number of hydrogen-bond acceptors (Lipinski definition) is 7. The fourth-order valence-electron chi connectivity index (χ4n) is 4.92. The molecule has 2 aromatic heterocycles. The maximum atomic E-state index is 12.7. The van der Waals surface area contributed by atoms with Gasteiger partial charge in [0.05, 0.1) is 25.2 Å². The average Bonchev–Trinajstić information content (AvgIpc) is 3.39. The lowest BCUT2D eigenvalue weighted by molar-refractivity contribution is -0.133. The summed E-state index contributed by atoms with van der Waals surface area (Å²) >= 11 is 0. The number of pyridine rings is 1. The molecule has 5 rings (SSSR count). The number of nitrogens with zero attached hydrogens (tertiary/aromatic N) is 4. The second-order valence-corrected chi connectivity index (χ2v) is 9.21. The number of ether oxygens (including phenoxy) is 1.